The van der Waals surface area contributed by atoms with Gasteiger partial charge < -0.3 is 13.5 Å². The summed E-state index contributed by atoms with van der Waals surface area (Å²) in [5.41, 5.74) is 0. The normalized spacial score (nSPS) is 9.83. The zero-order valence-corrected chi connectivity index (χ0v) is 7.84. The Morgan fingerprint density at radius 2 is 1.17 bits per heavy atom. The zero-order chi connectivity index (χ0) is 4.50. The first-order valence-electron chi connectivity index (χ1n) is 1.79. The first-order valence-corrected chi connectivity index (χ1v) is 3.00. The Balaban J connectivity index is 0. The van der Waals surface area contributed by atoms with Crippen LogP contribution in [0.3, 0.4) is 0 Å². The van der Waals surface area contributed by atoms with Crippen LogP contribution in [0.25, 0.3) is 0 Å². The van der Waals surface area contributed by atoms with Crippen molar-refractivity contribution in [3.05, 3.63) is 0 Å². The van der Waals surface area contributed by atoms with Crippen LogP contribution in [0.5, 0.6) is 0 Å². The molecule has 0 saturated heterocycles. The molecular formula is C4H10GaS-. The molecule has 2 radical (unpaired) electrons. The molecular weight excluding hydrogens is 150 g/mol. The molecule has 0 rings (SSSR count). The fraction of sp³-hybridized carbons (Fsp3) is 1.00. The third kappa shape index (κ3) is 81.4. The molecule has 0 saturated carbocycles. The van der Waals surface area contributed by atoms with Gasteiger partial charge in [-0.25, -0.2) is 0 Å². The van der Waals surface area contributed by atoms with E-state index in [0.29, 0.717) is 3.97 Å². The summed E-state index contributed by atoms with van der Waals surface area (Å²) >= 11 is 1.79. The average Bonchev–Trinajstić information content (AvgIpc) is 0.722. The minimum absolute atomic E-state index is 0. The molecule has 0 aromatic carbocycles. The molecule has 0 nitrogen and oxygen atoms in total. The maximum Gasteiger partial charge on any atom is -0.813 e. The summed E-state index contributed by atoms with van der Waals surface area (Å²) in [7, 11) is 0. The van der Waals surface area contributed by atoms with Crippen LogP contribution in [0.1, 0.15) is 20.8 Å². The van der Waals surface area contributed by atoms with Crippen LogP contribution in [0.2, 0.25) is 3.97 Å². The summed E-state index contributed by atoms with van der Waals surface area (Å²) in [6.45, 7) is 6.65. The van der Waals surface area contributed by atoms with Gasteiger partial charge in [-0.05, 0) is 0 Å². The molecule has 0 aliphatic rings. The third-order valence-corrected chi connectivity index (χ3v) is 0. The molecule has 0 N–H and O–H groups in total. The molecule has 0 heterocycles. The molecule has 0 atom stereocenters. The van der Waals surface area contributed by atoms with Crippen molar-refractivity contribution in [3.63, 3.8) is 0 Å². The van der Waals surface area contributed by atoms with E-state index in [9.17, 15) is 0 Å². The molecule has 0 unspecified atom stereocenters. The van der Waals surface area contributed by atoms with Gasteiger partial charge in [-0.15, -0.1) is 0 Å². The van der Waals surface area contributed by atoms with Crippen molar-refractivity contribution in [2.45, 2.75) is 24.7 Å². The van der Waals surface area contributed by atoms with Gasteiger partial charge in [0.1, 0.15) is 0 Å². The van der Waals surface area contributed by atoms with Crippen LogP contribution >= 0.6 is 0 Å². The fourth-order valence-electron chi connectivity index (χ4n) is 0. The van der Waals surface area contributed by atoms with E-state index >= 15 is 0 Å². The average molecular weight is 160 g/mol. The quantitative estimate of drug-likeness (QED) is 0.290. The topological polar surface area (TPSA) is 0 Å². The van der Waals surface area contributed by atoms with Crippen LogP contribution in [0.4, 0.5) is 0 Å². The Hall–Kier alpha value is 0.986. The van der Waals surface area contributed by atoms with E-state index in [0.717, 1.165) is 0 Å². The molecule has 0 aliphatic carbocycles. The number of hydrogen-bond donors (Lipinski definition) is 0. The van der Waals surface area contributed by atoms with Gasteiger partial charge in [0, 0.05) is 0 Å². The monoisotopic (exact) mass is 159 g/mol. The van der Waals surface area contributed by atoms with E-state index in [1.54, 1.807) is 18.6 Å². The second-order valence-electron chi connectivity index (χ2n) is 2.37. The molecule has 0 aliphatic heterocycles. The predicted octanol–water partition coefficient (Wildman–Crippen LogP) is 1.10. The third-order valence-electron chi connectivity index (χ3n) is 0. The minimum atomic E-state index is 0. The van der Waals surface area contributed by atoms with Crippen molar-refractivity contribution < 1.29 is 0 Å². The van der Waals surface area contributed by atoms with Crippen molar-refractivity contribution >= 4 is 32.1 Å². The van der Waals surface area contributed by atoms with Crippen LogP contribution in [0, 0.1) is 0 Å². The Morgan fingerprint density at radius 1 is 1.17 bits per heavy atom. The number of rotatable bonds is 0. The SMILES string of the molecule is C[C](C)(C)[Ga].[SH-]. The van der Waals surface area contributed by atoms with E-state index in [-0.39, 0.29) is 13.5 Å². The summed E-state index contributed by atoms with van der Waals surface area (Å²) in [5, 5.41) is 0. The van der Waals surface area contributed by atoms with Crippen LogP contribution < -0.4 is 0 Å². The summed E-state index contributed by atoms with van der Waals surface area (Å²) in [6, 6.07) is 0. The van der Waals surface area contributed by atoms with Crippen molar-refractivity contribution in [2.75, 3.05) is 0 Å². The first-order chi connectivity index (χ1) is 2.00. The molecule has 0 fully saturated rings. The standard InChI is InChI=1S/C4H9.Ga.H2S/c1-4(2)3;;/h1-3H3;;1H2/p-1. The van der Waals surface area contributed by atoms with Gasteiger partial charge >= 0.3 is 43.3 Å². The molecule has 0 aromatic rings. The fourth-order valence-corrected chi connectivity index (χ4v) is 0. The Labute approximate surface area is 57.1 Å². The molecule has 2 heteroatoms. The van der Waals surface area contributed by atoms with Crippen LogP contribution in [-0.2, 0) is 13.5 Å². The van der Waals surface area contributed by atoms with E-state index in [1.807, 2.05) is 0 Å². The maximum atomic E-state index is 2.22. The first kappa shape index (κ1) is 10.1. The predicted molar refractivity (Wildman–Crippen MR) is 34.2 cm³/mol. The largest absolute Gasteiger partial charge is 0.813 e. The number of thiol groups is 1. The Bertz CT molecular complexity index is 23.0. The van der Waals surface area contributed by atoms with Crippen molar-refractivity contribution in [1.29, 1.82) is 0 Å². The minimum Gasteiger partial charge on any atom is -0.813 e. The smallest absolute Gasteiger partial charge is 0.813 e. The van der Waals surface area contributed by atoms with Gasteiger partial charge in [-0.3, -0.25) is 0 Å². The van der Waals surface area contributed by atoms with Gasteiger partial charge in [-0.1, -0.05) is 0 Å². The van der Waals surface area contributed by atoms with E-state index < -0.39 is 0 Å². The summed E-state index contributed by atoms with van der Waals surface area (Å²) < 4.78 is 0.562. The van der Waals surface area contributed by atoms with Crippen molar-refractivity contribution in [2.24, 2.45) is 0 Å². The molecule has 36 valence electrons. The number of hydrogen-bond acceptors (Lipinski definition) is 1. The van der Waals surface area contributed by atoms with Gasteiger partial charge in [0.2, 0.25) is 0 Å². The van der Waals surface area contributed by atoms with Gasteiger partial charge in [-0.2, -0.15) is 0 Å². The molecule has 0 amide bonds. The zero-order valence-electron chi connectivity index (χ0n) is 4.52. The summed E-state index contributed by atoms with van der Waals surface area (Å²) in [5.74, 6) is 0. The molecule has 6 heavy (non-hydrogen) atoms. The Morgan fingerprint density at radius 3 is 1.17 bits per heavy atom. The molecule has 0 aromatic heterocycles. The van der Waals surface area contributed by atoms with Crippen molar-refractivity contribution in [1.82, 2.24) is 0 Å². The second kappa shape index (κ2) is 3.05. The van der Waals surface area contributed by atoms with E-state index in [4.69, 9.17) is 0 Å². The van der Waals surface area contributed by atoms with Crippen molar-refractivity contribution in [3.8, 4) is 0 Å². The Kier molecular flexibility index (Phi) is 5.12. The van der Waals surface area contributed by atoms with Gasteiger partial charge in [0.05, 0.1) is 0 Å². The summed E-state index contributed by atoms with van der Waals surface area (Å²) in [6.07, 6.45) is 0. The summed E-state index contributed by atoms with van der Waals surface area (Å²) in [4.78, 5) is 0. The second-order valence-corrected chi connectivity index (χ2v) is 6.00. The van der Waals surface area contributed by atoms with Crippen LogP contribution in [0.15, 0.2) is 0 Å². The maximum absolute atomic E-state index is 2.22. The van der Waals surface area contributed by atoms with Gasteiger partial charge in [0.15, 0.2) is 0 Å². The van der Waals surface area contributed by atoms with Gasteiger partial charge in [0.25, 0.3) is 0 Å². The van der Waals surface area contributed by atoms with E-state index in [1.165, 1.54) is 0 Å². The molecule has 0 bridgehead atoms. The van der Waals surface area contributed by atoms with Crippen LogP contribution in [-0.4, -0.2) is 18.6 Å². The van der Waals surface area contributed by atoms with E-state index in [2.05, 4.69) is 20.8 Å². The molecule has 0 spiro atoms.